The van der Waals surface area contributed by atoms with Crippen molar-refractivity contribution in [3.63, 3.8) is 0 Å². The van der Waals surface area contributed by atoms with Crippen LogP contribution >= 0.6 is 12.6 Å². The Balaban J connectivity index is 3.82. The molecule has 0 amide bonds. The Hall–Kier alpha value is 0.270. The van der Waals surface area contributed by atoms with Gasteiger partial charge in [-0.2, -0.15) is 12.6 Å². The van der Waals surface area contributed by atoms with Gasteiger partial charge in [0.05, 0.1) is 17.8 Å². The van der Waals surface area contributed by atoms with Crippen LogP contribution in [-0.4, -0.2) is 30.2 Å². The fourth-order valence-electron chi connectivity index (χ4n) is 1.08. The molecule has 0 heterocycles. The van der Waals surface area contributed by atoms with Crippen LogP contribution in [0.4, 0.5) is 0 Å². The van der Waals surface area contributed by atoms with E-state index in [0.717, 1.165) is 25.4 Å². The van der Waals surface area contributed by atoms with Gasteiger partial charge in [0, 0.05) is 12.4 Å². The lowest BCUT2D eigenvalue weighted by atomic mass is 10.1. The molecule has 16 heavy (non-hydrogen) atoms. The van der Waals surface area contributed by atoms with E-state index in [2.05, 4.69) is 54.2 Å². The number of hydrogen-bond acceptors (Lipinski definition) is 3. The third-order valence-corrected chi connectivity index (χ3v) is 3.15. The average molecular weight is 248 g/mol. The normalized spacial score (nSPS) is 13.5. The van der Waals surface area contributed by atoms with Crippen molar-refractivity contribution in [1.82, 2.24) is 0 Å². The van der Waals surface area contributed by atoms with E-state index in [1.807, 2.05) is 0 Å². The van der Waals surface area contributed by atoms with Gasteiger partial charge in [-0.05, 0) is 40.0 Å². The van der Waals surface area contributed by atoms with Crippen molar-refractivity contribution < 1.29 is 9.47 Å². The molecule has 0 radical (unpaired) electrons. The summed E-state index contributed by atoms with van der Waals surface area (Å²) in [6, 6.07) is 0. The highest BCUT2D eigenvalue weighted by Gasteiger charge is 2.21. The predicted molar refractivity (Wildman–Crippen MR) is 73.4 cm³/mol. The van der Waals surface area contributed by atoms with Crippen molar-refractivity contribution in [2.24, 2.45) is 5.92 Å². The Morgan fingerprint density at radius 2 is 1.56 bits per heavy atom. The molecule has 98 valence electrons. The van der Waals surface area contributed by atoms with Crippen LogP contribution < -0.4 is 0 Å². The molecule has 2 nitrogen and oxygen atoms in total. The molecule has 0 aromatic carbocycles. The SMILES string of the molecule is CC(C)COC(C)(C)CCOC(C)(C)CS. The Morgan fingerprint density at radius 1 is 1.00 bits per heavy atom. The zero-order valence-electron chi connectivity index (χ0n) is 11.7. The summed E-state index contributed by atoms with van der Waals surface area (Å²) in [5.74, 6) is 1.31. The smallest absolute Gasteiger partial charge is 0.0714 e. The van der Waals surface area contributed by atoms with E-state index < -0.39 is 0 Å². The molecular formula is C13H28O2S. The molecule has 0 aliphatic carbocycles. The van der Waals surface area contributed by atoms with Gasteiger partial charge in [0.1, 0.15) is 0 Å². The number of hydrogen-bond donors (Lipinski definition) is 1. The summed E-state index contributed by atoms with van der Waals surface area (Å²) >= 11 is 4.26. The van der Waals surface area contributed by atoms with Crippen LogP contribution in [0.5, 0.6) is 0 Å². The molecule has 0 aliphatic heterocycles. The second-order valence-electron chi connectivity index (χ2n) is 5.98. The average Bonchev–Trinajstić information content (AvgIpc) is 2.14. The van der Waals surface area contributed by atoms with Crippen LogP contribution in [-0.2, 0) is 9.47 Å². The van der Waals surface area contributed by atoms with Gasteiger partial charge in [-0.15, -0.1) is 0 Å². The lowest BCUT2D eigenvalue weighted by Crippen LogP contribution is -2.32. The molecule has 0 atom stereocenters. The number of ether oxygens (including phenoxy) is 2. The number of rotatable bonds is 8. The second-order valence-corrected chi connectivity index (χ2v) is 6.30. The van der Waals surface area contributed by atoms with Gasteiger partial charge < -0.3 is 9.47 Å². The lowest BCUT2D eigenvalue weighted by molar-refractivity contribution is -0.0716. The summed E-state index contributed by atoms with van der Waals surface area (Å²) in [5, 5.41) is 0. The van der Waals surface area contributed by atoms with Gasteiger partial charge in [0.25, 0.3) is 0 Å². The van der Waals surface area contributed by atoms with Crippen molar-refractivity contribution in [3.8, 4) is 0 Å². The van der Waals surface area contributed by atoms with Gasteiger partial charge in [-0.3, -0.25) is 0 Å². The van der Waals surface area contributed by atoms with Crippen LogP contribution in [0.2, 0.25) is 0 Å². The van der Waals surface area contributed by atoms with Crippen molar-refractivity contribution in [1.29, 1.82) is 0 Å². The Bertz CT molecular complexity index is 188. The molecule has 3 heteroatoms. The van der Waals surface area contributed by atoms with Crippen LogP contribution in [0.25, 0.3) is 0 Å². The molecule has 0 N–H and O–H groups in total. The summed E-state index contributed by atoms with van der Waals surface area (Å²) < 4.78 is 11.6. The topological polar surface area (TPSA) is 18.5 Å². The van der Waals surface area contributed by atoms with E-state index in [1.54, 1.807) is 0 Å². The molecule has 0 rings (SSSR count). The van der Waals surface area contributed by atoms with Gasteiger partial charge >= 0.3 is 0 Å². The van der Waals surface area contributed by atoms with Gasteiger partial charge in [0.15, 0.2) is 0 Å². The molecule has 0 spiro atoms. The molecule has 0 aliphatic rings. The molecule has 0 bridgehead atoms. The zero-order valence-corrected chi connectivity index (χ0v) is 12.6. The van der Waals surface area contributed by atoms with E-state index in [9.17, 15) is 0 Å². The van der Waals surface area contributed by atoms with Gasteiger partial charge in [0.2, 0.25) is 0 Å². The minimum atomic E-state index is -0.142. The van der Waals surface area contributed by atoms with Crippen molar-refractivity contribution in [2.45, 2.75) is 59.2 Å². The van der Waals surface area contributed by atoms with E-state index in [4.69, 9.17) is 9.47 Å². The van der Waals surface area contributed by atoms with Crippen LogP contribution in [0.1, 0.15) is 48.0 Å². The maximum Gasteiger partial charge on any atom is 0.0714 e. The van der Waals surface area contributed by atoms with E-state index in [-0.39, 0.29) is 11.2 Å². The Kier molecular flexibility index (Phi) is 6.99. The quantitative estimate of drug-likeness (QED) is 0.662. The third-order valence-electron chi connectivity index (χ3n) is 2.39. The minimum Gasteiger partial charge on any atom is -0.375 e. The van der Waals surface area contributed by atoms with Gasteiger partial charge in [-0.1, -0.05) is 13.8 Å². The summed E-state index contributed by atoms with van der Waals surface area (Å²) in [7, 11) is 0. The maximum atomic E-state index is 5.84. The van der Waals surface area contributed by atoms with E-state index in [1.165, 1.54) is 0 Å². The molecule has 0 unspecified atom stereocenters. The maximum absolute atomic E-state index is 5.84. The molecule has 0 aromatic rings. The molecule has 0 saturated carbocycles. The fraction of sp³-hybridized carbons (Fsp3) is 1.00. The molecule has 0 aromatic heterocycles. The first-order valence-electron chi connectivity index (χ1n) is 6.07. The lowest BCUT2D eigenvalue weighted by Gasteiger charge is -2.29. The van der Waals surface area contributed by atoms with Crippen molar-refractivity contribution in [3.05, 3.63) is 0 Å². The predicted octanol–water partition coefficient (Wildman–Crippen LogP) is 3.55. The fourth-order valence-corrected chi connectivity index (χ4v) is 1.17. The Labute approximate surface area is 107 Å². The molecule has 0 fully saturated rings. The summed E-state index contributed by atoms with van der Waals surface area (Å²) in [5.41, 5.74) is -0.242. The monoisotopic (exact) mass is 248 g/mol. The first kappa shape index (κ1) is 16.3. The first-order chi connectivity index (χ1) is 7.18. The van der Waals surface area contributed by atoms with Crippen molar-refractivity contribution in [2.75, 3.05) is 19.0 Å². The van der Waals surface area contributed by atoms with E-state index >= 15 is 0 Å². The van der Waals surface area contributed by atoms with Crippen LogP contribution in [0.15, 0.2) is 0 Å². The molecule has 0 saturated heterocycles. The van der Waals surface area contributed by atoms with Crippen molar-refractivity contribution >= 4 is 12.6 Å². The Morgan fingerprint density at radius 3 is 2.00 bits per heavy atom. The van der Waals surface area contributed by atoms with E-state index in [0.29, 0.717) is 5.92 Å². The largest absolute Gasteiger partial charge is 0.375 e. The second kappa shape index (κ2) is 6.87. The third kappa shape index (κ3) is 8.43. The highest BCUT2D eigenvalue weighted by atomic mass is 32.1. The zero-order chi connectivity index (χ0) is 12.8. The summed E-state index contributed by atoms with van der Waals surface area (Å²) in [6.45, 7) is 14.2. The molecular weight excluding hydrogens is 220 g/mol. The van der Waals surface area contributed by atoms with Gasteiger partial charge in [-0.25, -0.2) is 0 Å². The summed E-state index contributed by atoms with van der Waals surface area (Å²) in [4.78, 5) is 0. The van der Waals surface area contributed by atoms with Crippen LogP contribution in [0, 0.1) is 5.92 Å². The van der Waals surface area contributed by atoms with Crippen LogP contribution in [0.3, 0.4) is 0 Å². The minimum absolute atomic E-state index is 0.100. The highest BCUT2D eigenvalue weighted by molar-refractivity contribution is 7.80. The summed E-state index contributed by atoms with van der Waals surface area (Å²) in [6.07, 6.45) is 0.914. The first-order valence-corrected chi connectivity index (χ1v) is 6.70. The standard InChI is InChI=1S/C13H28O2S/c1-11(2)9-15-12(3,4)7-8-14-13(5,6)10-16/h11,16H,7-10H2,1-6H3. The highest BCUT2D eigenvalue weighted by Crippen LogP contribution is 2.18. The number of thiol groups is 1.